The van der Waals surface area contributed by atoms with Crippen molar-refractivity contribution in [1.82, 2.24) is 0 Å². The van der Waals surface area contributed by atoms with Crippen LogP contribution in [-0.4, -0.2) is 24.9 Å². The topological polar surface area (TPSA) is 27.7 Å². The molecule has 1 aliphatic heterocycles. The quantitative estimate of drug-likeness (QED) is 0.332. The average Bonchev–Trinajstić information content (AvgIpc) is 2.32. The third-order valence-corrected chi connectivity index (χ3v) is 4.18. The lowest BCUT2D eigenvalue weighted by Crippen LogP contribution is -2.38. The maximum absolute atomic E-state index is 5.94. The van der Waals surface area contributed by atoms with Crippen LogP contribution in [-0.2, 0) is 14.1 Å². The first-order chi connectivity index (χ1) is 8.45. The van der Waals surface area contributed by atoms with Crippen molar-refractivity contribution in [3.63, 3.8) is 0 Å². The summed E-state index contributed by atoms with van der Waals surface area (Å²) in [4.78, 5) is 0. The Morgan fingerprint density at radius 3 is 2.94 bits per heavy atom. The predicted molar refractivity (Wildman–Crippen MR) is 90.8 cm³/mol. The first-order valence-corrected chi connectivity index (χ1v) is 8.21. The minimum absolute atomic E-state index is 0.0691. The van der Waals surface area contributed by atoms with Gasteiger partial charge in [0.1, 0.15) is 0 Å². The molecule has 4 atom stereocenters. The van der Waals surface area contributed by atoms with Crippen molar-refractivity contribution >= 4 is 50.1 Å². The molecule has 0 radical (unpaired) electrons. The summed E-state index contributed by atoms with van der Waals surface area (Å²) in [6, 6.07) is 0. The first-order valence-electron chi connectivity index (χ1n) is 5.78. The molecule has 7 heteroatoms. The molecule has 1 rings (SSSR count). The second-order valence-electron chi connectivity index (χ2n) is 4.28. The monoisotopic (exact) mass is 400 g/mol. The summed E-state index contributed by atoms with van der Waals surface area (Å²) < 4.78 is 19.0. The molecule has 0 spiro atoms. The Morgan fingerprint density at radius 2 is 2.39 bits per heavy atom. The molecule has 102 valence electrons. The Hall–Kier alpha value is 0.775. The zero-order valence-electron chi connectivity index (χ0n) is 10.6. The van der Waals surface area contributed by atoms with Gasteiger partial charge in [-0.3, -0.25) is 0 Å². The zero-order valence-corrected chi connectivity index (χ0v) is 14.8. The van der Waals surface area contributed by atoms with E-state index in [2.05, 4.69) is 57.7 Å². The van der Waals surface area contributed by atoms with Crippen LogP contribution in [0.25, 0.3) is 0 Å². The molecule has 0 saturated carbocycles. The van der Waals surface area contributed by atoms with E-state index in [9.17, 15) is 0 Å². The zero-order chi connectivity index (χ0) is 13.7. The van der Waals surface area contributed by atoms with Gasteiger partial charge in [-0.1, -0.05) is 36.1 Å². The highest BCUT2D eigenvalue weighted by molar-refractivity contribution is 14.1. The molecule has 0 aliphatic carbocycles. The first kappa shape index (κ1) is 16.8. The summed E-state index contributed by atoms with van der Waals surface area (Å²) in [6.45, 7) is 8.62. The summed E-state index contributed by atoms with van der Waals surface area (Å²) in [5.74, 6) is 0.826. The van der Waals surface area contributed by atoms with Gasteiger partial charge in [-0.25, -0.2) is 0 Å². The fourth-order valence-electron chi connectivity index (χ4n) is 1.63. The second-order valence-corrected chi connectivity index (χ2v) is 6.58. The number of thiol groups is 1. The summed E-state index contributed by atoms with van der Waals surface area (Å²) in [5.41, 5.74) is 1.05. The van der Waals surface area contributed by atoms with E-state index in [0.29, 0.717) is 6.61 Å². The molecule has 1 saturated heterocycles. The molecular weight excluding hydrogens is 381 g/mol. The predicted octanol–water partition coefficient (Wildman–Crippen LogP) is 3.41. The van der Waals surface area contributed by atoms with Gasteiger partial charge in [-0.15, -0.1) is 9.12 Å². The van der Waals surface area contributed by atoms with Gasteiger partial charge in [0.2, 0.25) is 6.29 Å². The highest BCUT2D eigenvalue weighted by atomic mass is 127. The lowest BCUT2D eigenvalue weighted by atomic mass is 9.99. The summed E-state index contributed by atoms with van der Waals surface area (Å²) in [7, 11) is 2.49. The maximum Gasteiger partial charge on any atom is 0.380 e. The van der Waals surface area contributed by atoms with E-state index in [0.717, 1.165) is 17.8 Å². The van der Waals surface area contributed by atoms with Crippen molar-refractivity contribution in [2.24, 2.45) is 5.92 Å². The van der Waals surface area contributed by atoms with Crippen LogP contribution >= 0.6 is 44.2 Å². The SMILES string of the molecule is C=C1O[C@H](C(C)=CI)O[C@H](CCOB(P)S)[C@@H]1C. The molecular formula is C11H19BIO3PS. The van der Waals surface area contributed by atoms with E-state index in [1.807, 2.05) is 11.0 Å². The average molecular weight is 400 g/mol. The van der Waals surface area contributed by atoms with Gasteiger partial charge in [0.25, 0.3) is 0 Å². The van der Waals surface area contributed by atoms with Crippen LogP contribution in [0.4, 0.5) is 0 Å². The van der Waals surface area contributed by atoms with Crippen molar-refractivity contribution in [2.45, 2.75) is 32.7 Å². The molecule has 1 heterocycles. The molecule has 18 heavy (non-hydrogen) atoms. The van der Waals surface area contributed by atoms with Gasteiger partial charge in [0, 0.05) is 18.1 Å². The van der Waals surface area contributed by atoms with Gasteiger partial charge in [0.15, 0.2) is 0 Å². The van der Waals surface area contributed by atoms with Crippen molar-refractivity contribution in [2.75, 3.05) is 6.61 Å². The van der Waals surface area contributed by atoms with Crippen LogP contribution < -0.4 is 0 Å². The second kappa shape index (κ2) is 8.15. The number of rotatable bonds is 5. The normalized spacial score (nSPS) is 29.1. The molecule has 0 aromatic rings. The Morgan fingerprint density at radius 1 is 1.72 bits per heavy atom. The van der Waals surface area contributed by atoms with E-state index in [1.165, 1.54) is 0 Å². The molecule has 0 amide bonds. The van der Waals surface area contributed by atoms with Gasteiger partial charge in [-0.05, 0) is 17.4 Å². The molecule has 0 bridgehead atoms. The highest BCUT2D eigenvalue weighted by Gasteiger charge is 2.32. The van der Waals surface area contributed by atoms with Crippen molar-refractivity contribution in [1.29, 1.82) is 0 Å². The van der Waals surface area contributed by atoms with Gasteiger partial charge < -0.3 is 14.1 Å². The lowest BCUT2D eigenvalue weighted by molar-refractivity contribution is -0.185. The third kappa shape index (κ3) is 5.04. The van der Waals surface area contributed by atoms with Gasteiger partial charge in [0.05, 0.1) is 11.9 Å². The standard InChI is InChI=1S/C11H19BIO3PS/c1-7(6-13)11-15-9(3)8(2)10(16-11)4-5-14-12(17)18/h6,8,10-11,18H,3-5,17H2,1-2H3/t8-,10-,11+/m1/s1. The number of ether oxygens (including phenoxy) is 2. The maximum atomic E-state index is 5.94. The highest BCUT2D eigenvalue weighted by Crippen LogP contribution is 2.31. The fourth-order valence-corrected chi connectivity index (χ4v) is 2.17. The Bertz CT molecular complexity index is 327. The minimum Gasteiger partial charge on any atom is -0.466 e. The van der Waals surface area contributed by atoms with E-state index < -0.39 is 0 Å². The molecule has 1 unspecified atom stereocenters. The summed E-state index contributed by atoms with van der Waals surface area (Å²) in [6.07, 6.45) is 0.554. The molecule has 1 aliphatic rings. The van der Waals surface area contributed by atoms with Crippen LogP contribution in [0.1, 0.15) is 20.3 Å². The van der Waals surface area contributed by atoms with E-state index in [1.54, 1.807) is 0 Å². The van der Waals surface area contributed by atoms with Crippen LogP contribution in [0.15, 0.2) is 22.0 Å². The van der Waals surface area contributed by atoms with Gasteiger partial charge in [-0.2, -0.15) is 12.5 Å². The lowest BCUT2D eigenvalue weighted by Gasteiger charge is -2.37. The van der Waals surface area contributed by atoms with Crippen LogP contribution in [0, 0.1) is 5.92 Å². The van der Waals surface area contributed by atoms with E-state index in [4.69, 9.17) is 14.1 Å². The van der Waals surface area contributed by atoms with Gasteiger partial charge >= 0.3 is 5.91 Å². The van der Waals surface area contributed by atoms with Crippen molar-refractivity contribution < 1.29 is 14.1 Å². The largest absolute Gasteiger partial charge is 0.466 e. The number of hydrogen-bond acceptors (Lipinski definition) is 4. The molecule has 0 N–H and O–H groups in total. The molecule has 0 aromatic heterocycles. The Kier molecular flexibility index (Phi) is 7.62. The number of halogens is 1. The number of hydrogen-bond donors (Lipinski definition) is 1. The van der Waals surface area contributed by atoms with Crippen molar-refractivity contribution in [3.05, 3.63) is 22.0 Å². The fraction of sp³-hybridized carbons (Fsp3) is 0.636. The van der Waals surface area contributed by atoms with Crippen LogP contribution in [0.3, 0.4) is 0 Å². The Balaban J connectivity index is 2.56. The Labute approximate surface area is 131 Å². The van der Waals surface area contributed by atoms with E-state index >= 15 is 0 Å². The summed E-state index contributed by atoms with van der Waals surface area (Å²) >= 11 is 6.33. The minimum atomic E-state index is -0.321. The van der Waals surface area contributed by atoms with Crippen molar-refractivity contribution in [3.8, 4) is 0 Å². The van der Waals surface area contributed by atoms with Crippen LogP contribution in [0.2, 0.25) is 0 Å². The smallest absolute Gasteiger partial charge is 0.380 e. The summed E-state index contributed by atoms with van der Waals surface area (Å²) in [5, 5.41) is 0. The van der Waals surface area contributed by atoms with Crippen LogP contribution in [0.5, 0.6) is 0 Å². The molecule has 3 nitrogen and oxygen atoms in total. The molecule has 0 aromatic carbocycles. The third-order valence-electron chi connectivity index (χ3n) is 2.86. The van der Waals surface area contributed by atoms with E-state index in [-0.39, 0.29) is 24.2 Å². The molecule has 1 fully saturated rings.